The topological polar surface area (TPSA) is 57.6 Å². The molecule has 0 aromatic carbocycles. The lowest BCUT2D eigenvalue weighted by Gasteiger charge is -2.30. The van der Waals surface area contributed by atoms with Crippen LogP contribution in [-0.4, -0.2) is 35.0 Å². The Kier molecular flexibility index (Phi) is 4.12. The van der Waals surface area contributed by atoms with E-state index in [1.54, 1.807) is 18.7 Å². The van der Waals surface area contributed by atoms with Crippen molar-refractivity contribution in [2.45, 2.75) is 33.1 Å². The van der Waals surface area contributed by atoms with E-state index in [1.807, 2.05) is 0 Å². The van der Waals surface area contributed by atoms with Gasteiger partial charge in [0.25, 0.3) is 0 Å². The Bertz CT molecular complexity index is 244. The Morgan fingerprint density at radius 1 is 1.13 bits per heavy atom. The third kappa shape index (κ3) is 2.94. The Labute approximate surface area is 90.3 Å². The van der Waals surface area contributed by atoms with Crippen molar-refractivity contribution in [3.63, 3.8) is 0 Å². The summed E-state index contributed by atoms with van der Waals surface area (Å²) in [4.78, 5) is 24.6. The average molecular weight is 213 g/mol. The molecule has 1 saturated heterocycles. The third-order valence-electron chi connectivity index (χ3n) is 2.87. The molecular formula is C11H19NO3. The molecule has 1 rings (SSSR count). The van der Waals surface area contributed by atoms with Crippen molar-refractivity contribution in [2.24, 2.45) is 11.8 Å². The molecule has 0 aromatic heterocycles. The Hall–Kier alpha value is -1.06. The molecule has 0 bridgehead atoms. The number of likely N-dealkylation sites (tertiary alicyclic amines) is 1. The summed E-state index contributed by atoms with van der Waals surface area (Å²) in [6, 6.07) is 0. The lowest BCUT2D eigenvalue weighted by Crippen LogP contribution is -2.44. The highest BCUT2D eigenvalue weighted by Gasteiger charge is 2.33. The Morgan fingerprint density at radius 2 is 1.67 bits per heavy atom. The molecule has 0 radical (unpaired) electrons. The van der Waals surface area contributed by atoms with Crippen molar-refractivity contribution in [3.8, 4) is 0 Å². The number of nitrogens with zero attached hydrogens (tertiary/aromatic N) is 1. The van der Waals surface area contributed by atoms with Crippen LogP contribution in [0.25, 0.3) is 0 Å². The van der Waals surface area contributed by atoms with Crippen LogP contribution in [0, 0.1) is 11.8 Å². The first kappa shape index (κ1) is 12.0. The van der Waals surface area contributed by atoms with E-state index in [9.17, 15) is 9.59 Å². The quantitative estimate of drug-likeness (QED) is 0.720. The number of hydrogen-bond acceptors (Lipinski definition) is 2. The molecule has 1 aliphatic heterocycles. The summed E-state index contributed by atoms with van der Waals surface area (Å²) >= 11 is 0. The summed E-state index contributed by atoms with van der Waals surface area (Å²) in [5.74, 6) is -2.22. The molecular weight excluding hydrogens is 194 g/mol. The summed E-state index contributed by atoms with van der Waals surface area (Å²) in [7, 11) is 0. The monoisotopic (exact) mass is 213 g/mol. The highest BCUT2D eigenvalue weighted by molar-refractivity contribution is 5.97. The molecule has 0 aromatic rings. The van der Waals surface area contributed by atoms with E-state index in [0.717, 1.165) is 32.4 Å². The van der Waals surface area contributed by atoms with E-state index in [-0.39, 0.29) is 11.8 Å². The largest absolute Gasteiger partial charge is 0.481 e. The van der Waals surface area contributed by atoms with Gasteiger partial charge in [0.15, 0.2) is 0 Å². The smallest absolute Gasteiger partial charge is 0.316 e. The summed E-state index contributed by atoms with van der Waals surface area (Å²) in [5, 5.41) is 9.00. The lowest BCUT2D eigenvalue weighted by atomic mass is 9.93. The zero-order valence-electron chi connectivity index (χ0n) is 9.40. The first-order valence-corrected chi connectivity index (χ1v) is 5.55. The third-order valence-corrected chi connectivity index (χ3v) is 2.87. The highest BCUT2D eigenvalue weighted by atomic mass is 16.4. The minimum atomic E-state index is -0.999. The van der Waals surface area contributed by atoms with Gasteiger partial charge in [-0.1, -0.05) is 13.8 Å². The van der Waals surface area contributed by atoms with E-state index in [0.29, 0.717) is 0 Å². The van der Waals surface area contributed by atoms with E-state index >= 15 is 0 Å². The number of piperidine rings is 1. The van der Waals surface area contributed by atoms with E-state index in [4.69, 9.17) is 5.11 Å². The fourth-order valence-corrected chi connectivity index (χ4v) is 1.99. The van der Waals surface area contributed by atoms with Crippen LogP contribution < -0.4 is 0 Å². The zero-order valence-corrected chi connectivity index (χ0v) is 9.40. The van der Waals surface area contributed by atoms with Crippen molar-refractivity contribution in [1.82, 2.24) is 4.90 Å². The molecule has 1 N–H and O–H groups in total. The van der Waals surface area contributed by atoms with Gasteiger partial charge in [-0.2, -0.15) is 0 Å². The molecule has 1 amide bonds. The molecule has 0 aliphatic carbocycles. The van der Waals surface area contributed by atoms with Gasteiger partial charge in [0, 0.05) is 13.1 Å². The molecule has 86 valence electrons. The van der Waals surface area contributed by atoms with Gasteiger partial charge >= 0.3 is 5.97 Å². The number of rotatable bonds is 3. The van der Waals surface area contributed by atoms with Crippen LogP contribution >= 0.6 is 0 Å². The van der Waals surface area contributed by atoms with Crippen LogP contribution in [0.15, 0.2) is 0 Å². The van der Waals surface area contributed by atoms with Gasteiger partial charge in [0.1, 0.15) is 5.92 Å². The van der Waals surface area contributed by atoms with Crippen molar-refractivity contribution in [2.75, 3.05) is 13.1 Å². The van der Waals surface area contributed by atoms with Gasteiger partial charge in [-0.3, -0.25) is 9.59 Å². The average Bonchev–Trinajstić information content (AvgIpc) is 2.18. The Balaban J connectivity index is 2.66. The maximum absolute atomic E-state index is 11.9. The molecule has 15 heavy (non-hydrogen) atoms. The fourth-order valence-electron chi connectivity index (χ4n) is 1.99. The summed E-state index contributed by atoms with van der Waals surface area (Å²) in [5.41, 5.74) is 0. The van der Waals surface area contributed by atoms with Gasteiger partial charge in [-0.15, -0.1) is 0 Å². The van der Waals surface area contributed by atoms with Crippen LogP contribution in [0.3, 0.4) is 0 Å². The molecule has 4 nitrogen and oxygen atoms in total. The highest BCUT2D eigenvalue weighted by Crippen LogP contribution is 2.18. The molecule has 0 saturated carbocycles. The number of carboxylic acids is 1. The van der Waals surface area contributed by atoms with E-state index in [2.05, 4.69) is 0 Å². The van der Waals surface area contributed by atoms with Gasteiger partial charge in [0.2, 0.25) is 5.91 Å². The number of amides is 1. The normalized spacial score (nSPS) is 19.0. The molecule has 1 heterocycles. The van der Waals surface area contributed by atoms with Crippen LogP contribution in [0.2, 0.25) is 0 Å². The standard InChI is InChI=1S/C11H19NO3/c1-8(2)9(11(14)15)10(13)12-6-4-3-5-7-12/h8-9H,3-7H2,1-2H3,(H,14,15). The zero-order chi connectivity index (χ0) is 11.4. The van der Waals surface area contributed by atoms with Gasteiger partial charge in [0.05, 0.1) is 0 Å². The number of carbonyl (C=O) groups excluding carboxylic acids is 1. The number of hydrogen-bond donors (Lipinski definition) is 1. The second-order valence-electron chi connectivity index (χ2n) is 4.45. The van der Waals surface area contributed by atoms with E-state index in [1.165, 1.54) is 0 Å². The molecule has 1 fully saturated rings. The predicted molar refractivity (Wildman–Crippen MR) is 56.4 cm³/mol. The van der Waals surface area contributed by atoms with Crippen molar-refractivity contribution in [1.29, 1.82) is 0 Å². The van der Waals surface area contributed by atoms with Gasteiger partial charge in [-0.25, -0.2) is 0 Å². The number of aliphatic carboxylic acids is 1. The summed E-state index contributed by atoms with van der Waals surface area (Å²) in [6.45, 7) is 4.99. The first-order chi connectivity index (χ1) is 7.04. The van der Waals surface area contributed by atoms with Crippen molar-refractivity contribution >= 4 is 11.9 Å². The summed E-state index contributed by atoms with van der Waals surface area (Å²) < 4.78 is 0. The van der Waals surface area contributed by atoms with Crippen molar-refractivity contribution in [3.05, 3.63) is 0 Å². The van der Waals surface area contributed by atoms with E-state index < -0.39 is 11.9 Å². The van der Waals surface area contributed by atoms with Gasteiger partial charge in [-0.05, 0) is 25.2 Å². The van der Waals surface area contributed by atoms with Crippen molar-refractivity contribution < 1.29 is 14.7 Å². The maximum atomic E-state index is 11.9. The SMILES string of the molecule is CC(C)C(C(=O)O)C(=O)N1CCCCC1. The molecule has 1 unspecified atom stereocenters. The maximum Gasteiger partial charge on any atom is 0.316 e. The molecule has 1 aliphatic rings. The van der Waals surface area contributed by atoms with Crippen LogP contribution in [-0.2, 0) is 9.59 Å². The first-order valence-electron chi connectivity index (χ1n) is 5.55. The lowest BCUT2D eigenvalue weighted by molar-refractivity contribution is -0.153. The molecule has 1 atom stereocenters. The van der Waals surface area contributed by atoms with Crippen LogP contribution in [0.1, 0.15) is 33.1 Å². The summed E-state index contributed by atoms with van der Waals surface area (Å²) in [6.07, 6.45) is 3.13. The molecule has 0 spiro atoms. The minimum Gasteiger partial charge on any atom is -0.481 e. The van der Waals surface area contributed by atoms with Crippen LogP contribution in [0.5, 0.6) is 0 Å². The number of carbonyl (C=O) groups is 2. The molecule has 4 heteroatoms. The fraction of sp³-hybridized carbons (Fsp3) is 0.818. The second kappa shape index (κ2) is 5.14. The minimum absolute atomic E-state index is 0.142. The Morgan fingerprint density at radius 3 is 2.07 bits per heavy atom. The predicted octanol–water partition coefficient (Wildman–Crippen LogP) is 1.36. The second-order valence-corrected chi connectivity index (χ2v) is 4.45. The van der Waals surface area contributed by atoms with Crippen LogP contribution in [0.4, 0.5) is 0 Å². The number of carboxylic acid groups (broad SMARTS) is 1. The van der Waals surface area contributed by atoms with Gasteiger partial charge < -0.3 is 10.0 Å².